The highest BCUT2D eigenvalue weighted by Crippen LogP contribution is 2.38. The first-order valence-corrected chi connectivity index (χ1v) is 19.4. The molecule has 3 rings (SSSR count). The Hall–Kier alpha value is -3.97. The van der Waals surface area contributed by atoms with Crippen LogP contribution in [-0.2, 0) is 49.9 Å². The summed E-state index contributed by atoms with van der Waals surface area (Å²) in [6.07, 6.45) is 1.47. The highest BCUT2D eigenvalue weighted by atomic mass is 16.3. The fourth-order valence-electron chi connectivity index (χ4n) is 7.44. The van der Waals surface area contributed by atoms with E-state index in [2.05, 4.69) is 0 Å². The number of carbonyl (C=O) groups excluding carboxylic acids is 3. The molecule has 7 nitrogen and oxygen atoms in total. The average Bonchev–Trinajstić information content (AvgIpc) is 3.04. The number of ketones is 3. The van der Waals surface area contributed by atoms with Crippen LogP contribution in [-0.4, -0.2) is 44.4 Å². The van der Waals surface area contributed by atoms with Crippen molar-refractivity contribution in [1.29, 1.82) is 0 Å². The van der Waals surface area contributed by atoms with Crippen LogP contribution < -0.4 is 0 Å². The number of rotatable bonds is 16. The summed E-state index contributed by atoms with van der Waals surface area (Å²) in [5, 5.41) is 43.0. The van der Waals surface area contributed by atoms with Crippen LogP contribution in [0.3, 0.4) is 0 Å². The third-order valence-electron chi connectivity index (χ3n) is 10.6. The van der Waals surface area contributed by atoms with Gasteiger partial charge in [-0.3, -0.25) is 14.4 Å². The van der Waals surface area contributed by atoms with E-state index in [-0.39, 0.29) is 89.4 Å². The largest absolute Gasteiger partial charge is 0.507 e. The van der Waals surface area contributed by atoms with Gasteiger partial charge in [0, 0.05) is 50.5 Å². The lowest BCUT2D eigenvalue weighted by Crippen LogP contribution is -2.34. The van der Waals surface area contributed by atoms with E-state index in [1.165, 1.54) is 0 Å². The molecular formula is C47H66O7. The number of aliphatic hydroxyl groups excluding tert-OH is 1. The first kappa shape index (κ1) is 44.4. The molecule has 0 heterocycles. The molecule has 0 aromatic heterocycles. The van der Waals surface area contributed by atoms with E-state index in [1.807, 2.05) is 119 Å². The van der Waals surface area contributed by atoms with Crippen molar-refractivity contribution in [2.24, 2.45) is 5.41 Å². The maximum absolute atomic E-state index is 13.7. The van der Waals surface area contributed by atoms with Crippen LogP contribution >= 0.6 is 0 Å². The summed E-state index contributed by atoms with van der Waals surface area (Å²) in [4.78, 5) is 41.2. The van der Waals surface area contributed by atoms with Gasteiger partial charge in [0.15, 0.2) is 0 Å². The van der Waals surface area contributed by atoms with E-state index in [0.29, 0.717) is 19.3 Å². The zero-order valence-electron chi connectivity index (χ0n) is 35.0. The van der Waals surface area contributed by atoms with Gasteiger partial charge >= 0.3 is 0 Å². The topological polar surface area (TPSA) is 132 Å². The number of phenolic OH excluding ortho intramolecular Hbond substituents is 3. The predicted molar refractivity (Wildman–Crippen MR) is 218 cm³/mol. The van der Waals surface area contributed by atoms with Gasteiger partial charge < -0.3 is 20.4 Å². The molecule has 0 unspecified atom stereocenters. The molecule has 3 aromatic carbocycles. The van der Waals surface area contributed by atoms with E-state index in [1.54, 1.807) is 0 Å². The number of hydrogen-bond donors (Lipinski definition) is 4. The molecule has 0 spiro atoms. The summed E-state index contributed by atoms with van der Waals surface area (Å²) in [6, 6.07) is 11.5. The number of Topliss-reactive ketones (excluding diaryl/α,β-unsaturated/α-hetero) is 3. The molecule has 0 aliphatic heterocycles. The quantitative estimate of drug-likeness (QED) is 0.115. The maximum Gasteiger partial charge on any atom is 0.133 e. The minimum Gasteiger partial charge on any atom is -0.507 e. The molecule has 0 amide bonds. The van der Waals surface area contributed by atoms with Crippen molar-refractivity contribution in [2.75, 3.05) is 6.61 Å². The van der Waals surface area contributed by atoms with Crippen LogP contribution in [0.5, 0.6) is 17.2 Å². The highest BCUT2D eigenvalue weighted by molar-refractivity contribution is 5.86. The van der Waals surface area contributed by atoms with E-state index < -0.39 is 12.0 Å². The van der Waals surface area contributed by atoms with E-state index >= 15 is 0 Å². The molecular weight excluding hydrogens is 677 g/mol. The van der Waals surface area contributed by atoms with Crippen LogP contribution in [0, 0.1) is 26.2 Å². The van der Waals surface area contributed by atoms with Crippen molar-refractivity contribution >= 4 is 17.3 Å². The number of hydrogen-bond acceptors (Lipinski definition) is 7. The van der Waals surface area contributed by atoms with E-state index in [4.69, 9.17) is 0 Å². The van der Waals surface area contributed by atoms with E-state index in [0.717, 1.165) is 50.1 Å². The Balaban J connectivity index is 1.85. The fourth-order valence-corrected chi connectivity index (χ4v) is 7.44. The number of benzene rings is 3. The van der Waals surface area contributed by atoms with Crippen LogP contribution in [0.4, 0.5) is 0 Å². The lowest BCUT2D eigenvalue weighted by atomic mass is 9.73. The van der Waals surface area contributed by atoms with Crippen molar-refractivity contribution in [3.63, 3.8) is 0 Å². The van der Waals surface area contributed by atoms with Gasteiger partial charge in [-0.05, 0) is 106 Å². The van der Waals surface area contributed by atoms with Gasteiger partial charge in [-0.2, -0.15) is 0 Å². The van der Waals surface area contributed by atoms with Gasteiger partial charge in [-0.1, -0.05) is 98.7 Å². The van der Waals surface area contributed by atoms with Crippen molar-refractivity contribution in [3.8, 4) is 17.2 Å². The third-order valence-corrected chi connectivity index (χ3v) is 10.6. The third kappa shape index (κ3) is 11.8. The lowest BCUT2D eigenvalue weighted by Gasteiger charge is -2.30. The molecule has 0 aliphatic rings. The molecule has 0 radical (unpaired) electrons. The molecule has 4 N–H and O–H groups in total. The Kier molecular flexibility index (Phi) is 14.2. The van der Waals surface area contributed by atoms with Crippen molar-refractivity contribution in [2.45, 2.75) is 157 Å². The average molecular weight is 743 g/mol. The van der Waals surface area contributed by atoms with Crippen molar-refractivity contribution in [3.05, 3.63) is 86.5 Å². The molecule has 0 aliphatic carbocycles. The number of carbonyl (C=O) groups is 3. The standard InChI is InChI=1S/C47H66O7/c1-29-19-32(22-38(41(29)52)44(4,5)6)13-16-35(49)25-47(28-48,26-36(50)17-14-33-20-30(2)42(53)39(23-33)45(7,8)9)27-37(51)18-15-34-21-31(3)43(54)40(24-34)46(10,11)12/h19-24,48,52-54H,13-18,25-28H2,1-12H3. The van der Waals surface area contributed by atoms with Gasteiger partial charge in [0.1, 0.15) is 34.6 Å². The summed E-state index contributed by atoms with van der Waals surface area (Å²) in [6.45, 7) is 23.3. The second kappa shape index (κ2) is 17.2. The second-order valence-corrected chi connectivity index (χ2v) is 19.0. The number of phenols is 3. The molecule has 0 atom stereocenters. The molecule has 7 heteroatoms. The highest BCUT2D eigenvalue weighted by Gasteiger charge is 2.37. The van der Waals surface area contributed by atoms with Gasteiger partial charge in [0.05, 0.1) is 0 Å². The van der Waals surface area contributed by atoms with Crippen LogP contribution in [0.25, 0.3) is 0 Å². The van der Waals surface area contributed by atoms with Crippen LogP contribution in [0.1, 0.15) is 151 Å². The molecule has 0 bridgehead atoms. The summed E-state index contributed by atoms with van der Waals surface area (Å²) in [5.41, 5.74) is 5.29. The fraction of sp³-hybridized carbons (Fsp3) is 0.553. The summed E-state index contributed by atoms with van der Waals surface area (Å²) < 4.78 is 0. The Morgan fingerprint density at radius 3 is 0.907 bits per heavy atom. The van der Waals surface area contributed by atoms with Gasteiger partial charge in [-0.25, -0.2) is 0 Å². The normalized spacial score (nSPS) is 12.6. The Bertz CT molecular complexity index is 1630. The minimum atomic E-state index is -1.24. The summed E-state index contributed by atoms with van der Waals surface area (Å²) in [7, 11) is 0. The number of aromatic hydroxyl groups is 3. The molecule has 0 saturated heterocycles. The molecule has 3 aromatic rings. The smallest absolute Gasteiger partial charge is 0.133 e. The molecule has 296 valence electrons. The van der Waals surface area contributed by atoms with Gasteiger partial charge in [-0.15, -0.1) is 0 Å². The number of aryl methyl sites for hydroxylation is 6. The number of aliphatic hydroxyl groups is 1. The van der Waals surface area contributed by atoms with Crippen LogP contribution in [0.15, 0.2) is 36.4 Å². The summed E-state index contributed by atoms with van der Waals surface area (Å²) >= 11 is 0. The molecule has 0 saturated carbocycles. The zero-order chi connectivity index (χ0) is 41.0. The first-order valence-electron chi connectivity index (χ1n) is 19.4. The van der Waals surface area contributed by atoms with Crippen molar-refractivity contribution < 1.29 is 34.8 Å². The van der Waals surface area contributed by atoms with Gasteiger partial charge in [0.2, 0.25) is 0 Å². The Labute approximate surface area is 324 Å². The zero-order valence-corrected chi connectivity index (χ0v) is 35.0. The monoisotopic (exact) mass is 742 g/mol. The first-order chi connectivity index (χ1) is 24.8. The van der Waals surface area contributed by atoms with E-state index in [9.17, 15) is 34.8 Å². The molecule has 54 heavy (non-hydrogen) atoms. The Morgan fingerprint density at radius 1 is 0.463 bits per heavy atom. The molecule has 0 fully saturated rings. The predicted octanol–water partition coefficient (Wildman–Crippen LogP) is 9.68. The lowest BCUT2D eigenvalue weighted by molar-refractivity contribution is -0.129. The van der Waals surface area contributed by atoms with Gasteiger partial charge in [0.25, 0.3) is 0 Å². The minimum absolute atomic E-state index is 0.108. The van der Waals surface area contributed by atoms with Crippen molar-refractivity contribution in [1.82, 2.24) is 0 Å². The second-order valence-electron chi connectivity index (χ2n) is 19.0. The van der Waals surface area contributed by atoms with Crippen LogP contribution in [0.2, 0.25) is 0 Å². The maximum atomic E-state index is 13.7. The summed E-state index contributed by atoms with van der Waals surface area (Å²) in [5.74, 6) is 0.344. The SMILES string of the molecule is Cc1cc(CCC(=O)CC(CO)(CC(=O)CCc2cc(C)c(O)c(C(C)(C)C)c2)CC(=O)CCc2cc(C)c(O)c(C(C)(C)C)c2)cc(C(C)(C)C)c1O. The Morgan fingerprint density at radius 2 is 0.704 bits per heavy atom.